The Labute approximate surface area is 140 Å². The van der Waals surface area contributed by atoms with Gasteiger partial charge in [-0.15, -0.1) is 0 Å². The Morgan fingerprint density at radius 2 is 2.17 bits per heavy atom. The predicted molar refractivity (Wildman–Crippen MR) is 88.5 cm³/mol. The van der Waals surface area contributed by atoms with Crippen LogP contribution in [0.3, 0.4) is 0 Å². The number of carbonyl (C=O) groups is 1. The fourth-order valence-electron chi connectivity index (χ4n) is 3.51. The van der Waals surface area contributed by atoms with Crippen molar-refractivity contribution in [1.29, 1.82) is 5.26 Å². The molecular formula is C18H18ClN3O. The summed E-state index contributed by atoms with van der Waals surface area (Å²) in [7, 11) is 0. The molecule has 1 atom stereocenters. The zero-order chi connectivity index (χ0) is 16.8. The van der Waals surface area contributed by atoms with E-state index in [0.29, 0.717) is 28.3 Å². The number of rotatable bonds is 1. The molecule has 0 radical (unpaired) electrons. The Kier molecular flexibility index (Phi) is 3.77. The van der Waals surface area contributed by atoms with Gasteiger partial charge in [0.2, 0.25) is 0 Å². The Bertz CT molecular complexity index is 799. The van der Waals surface area contributed by atoms with Crippen LogP contribution in [0.25, 0.3) is 0 Å². The van der Waals surface area contributed by atoms with E-state index >= 15 is 0 Å². The largest absolute Gasteiger partial charge is 0.361 e. The van der Waals surface area contributed by atoms with Crippen LogP contribution in [0.4, 0.5) is 0 Å². The van der Waals surface area contributed by atoms with E-state index in [2.05, 4.69) is 30.2 Å². The van der Waals surface area contributed by atoms with Crippen molar-refractivity contribution in [3.63, 3.8) is 0 Å². The van der Waals surface area contributed by atoms with Crippen molar-refractivity contribution in [2.45, 2.75) is 39.5 Å². The highest BCUT2D eigenvalue weighted by molar-refractivity contribution is 6.30. The second-order valence-electron chi connectivity index (χ2n) is 6.93. The van der Waals surface area contributed by atoms with Gasteiger partial charge in [-0.05, 0) is 24.8 Å². The van der Waals surface area contributed by atoms with Crippen LogP contribution in [0.1, 0.15) is 45.1 Å². The van der Waals surface area contributed by atoms with Gasteiger partial charge in [-0.1, -0.05) is 31.5 Å². The standard InChI is InChI=1S/C18H18ClN3O/c1-10-12(9-20)15(11-5-4-6-21-17(11)19)16-13(22-10)7-18(2,3)8-14(16)23/h4-6,15,22H,7-8H2,1-3H3/t15-/m1/s1. The monoisotopic (exact) mass is 327 g/mol. The van der Waals surface area contributed by atoms with Gasteiger partial charge in [0.25, 0.3) is 0 Å². The molecule has 1 aromatic rings. The first kappa shape index (κ1) is 15.8. The molecule has 3 rings (SSSR count). The fourth-order valence-corrected chi connectivity index (χ4v) is 3.74. The Morgan fingerprint density at radius 3 is 2.83 bits per heavy atom. The summed E-state index contributed by atoms with van der Waals surface area (Å²) < 4.78 is 0. The summed E-state index contributed by atoms with van der Waals surface area (Å²) in [4.78, 5) is 16.9. The second-order valence-corrected chi connectivity index (χ2v) is 7.28. The lowest BCUT2D eigenvalue weighted by atomic mass is 9.69. The highest BCUT2D eigenvalue weighted by Crippen LogP contribution is 2.47. The molecule has 0 unspecified atom stereocenters. The SMILES string of the molecule is CC1=C(C#N)[C@@H](c2cccnc2Cl)C2=C(CC(C)(C)CC2=O)N1. The van der Waals surface area contributed by atoms with E-state index in [0.717, 1.165) is 17.8 Å². The fraction of sp³-hybridized carbons (Fsp3) is 0.389. The quantitative estimate of drug-likeness (QED) is 0.795. The Morgan fingerprint density at radius 1 is 1.43 bits per heavy atom. The topological polar surface area (TPSA) is 65.8 Å². The molecule has 23 heavy (non-hydrogen) atoms. The summed E-state index contributed by atoms with van der Waals surface area (Å²) in [6.07, 6.45) is 2.86. The maximum Gasteiger partial charge on any atom is 0.162 e. The van der Waals surface area contributed by atoms with Crippen LogP contribution in [0.15, 0.2) is 40.9 Å². The van der Waals surface area contributed by atoms with E-state index in [4.69, 9.17) is 11.6 Å². The van der Waals surface area contributed by atoms with Gasteiger partial charge in [0.05, 0.1) is 17.6 Å². The Hall–Kier alpha value is -2.12. The number of halogens is 1. The molecule has 118 valence electrons. The van der Waals surface area contributed by atoms with Gasteiger partial charge in [-0.3, -0.25) is 4.79 Å². The van der Waals surface area contributed by atoms with Crippen molar-refractivity contribution >= 4 is 17.4 Å². The van der Waals surface area contributed by atoms with Gasteiger partial charge in [-0.2, -0.15) is 5.26 Å². The van der Waals surface area contributed by atoms with Crippen LogP contribution in [-0.4, -0.2) is 10.8 Å². The number of Topliss-reactive ketones (excluding diaryl/α,β-unsaturated/α-hetero) is 1. The van der Waals surface area contributed by atoms with Crippen molar-refractivity contribution in [2.24, 2.45) is 5.41 Å². The van der Waals surface area contributed by atoms with E-state index in [1.807, 2.05) is 13.0 Å². The minimum absolute atomic E-state index is 0.0777. The number of nitrogens with zero attached hydrogens (tertiary/aromatic N) is 2. The highest BCUT2D eigenvalue weighted by atomic mass is 35.5. The molecule has 0 saturated carbocycles. The maximum absolute atomic E-state index is 12.8. The van der Waals surface area contributed by atoms with Crippen LogP contribution in [0.5, 0.6) is 0 Å². The number of nitrogens with one attached hydrogen (secondary N) is 1. The average Bonchev–Trinajstić information content (AvgIpc) is 2.45. The summed E-state index contributed by atoms with van der Waals surface area (Å²) in [6, 6.07) is 5.87. The highest BCUT2D eigenvalue weighted by Gasteiger charge is 2.41. The molecule has 0 spiro atoms. The number of ketones is 1. The summed E-state index contributed by atoms with van der Waals surface area (Å²) >= 11 is 6.27. The molecule has 2 heterocycles. The maximum atomic E-state index is 12.8. The molecule has 0 bridgehead atoms. The zero-order valence-corrected chi connectivity index (χ0v) is 14.2. The van der Waals surface area contributed by atoms with E-state index in [-0.39, 0.29) is 11.2 Å². The van der Waals surface area contributed by atoms with Gasteiger partial charge in [0.15, 0.2) is 5.78 Å². The number of dihydropyridines is 1. The first-order valence-corrected chi connectivity index (χ1v) is 7.96. The Balaban J connectivity index is 2.22. The predicted octanol–water partition coefficient (Wildman–Crippen LogP) is 3.86. The minimum Gasteiger partial charge on any atom is -0.361 e. The number of hydrogen-bond donors (Lipinski definition) is 1. The molecule has 5 heteroatoms. The first-order valence-electron chi connectivity index (χ1n) is 7.58. The van der Waals surface area contributed by atoms with E-state index in [9.17, 15) is 10.1 Å². The van der Waals surface area contributed by atoms with E-state index in [1.54, 1.807) is 12.3 Å². The van der Waals surface area contributed by atoms with Crippen LogP contribution < -0.4 is 5.32 Å². The molecule has 0 fully saturated rings. The van der Waals surface area contributed by atoms with E-state index in [1.165, 1.54) is 0 Å². The molecular weight excluding hydrogens is 310 g/mol. The second kappa shape index (κ2) is 5.50. The van der Waals surface area contributed by atoms with Crippen LogP contribution in [0.2, 0.25) is 5.15 Å². The van der Waals surface area contributed by atoms with Crippen LogP contribution in [0, 0.1) is 16.7 Å². The van der Waals surface area contributed by atoms with Gasteiger partial charge in [-0.25, -0.2) is 4.98 Å². The molecule has 0 amide bonds. The number of aromatic nitrogens is 1. The van der Waals surface area contributed by atoms with Gasteiger partial charge < -0.3 is 5.32 Å². The van der Waals surface area contributed by atoms with Gasteiger partial charge in [0, 0.05) is 35.1 Å². The van der Waals surface area contributed by atoms with Crippen molar-refractivity contribution in [3.8, 4) is 6.07 Å². The van der Waals surface area contributed by atoms with Crippen LogP contribution in [-0.2, 0) is 4.79 Å². The third-order valence-electron chi connectivity index (χ3n) is 4.46. The lowest BCUT2D eigenvalue weighted by Crippen LogP contribution is -2.37. The normalized spacial score (nSPS) is 23.3. The number of hydrogen-bond acceptors (Lipinski definition) is 4. The van der Waals surface area contributed by atoms with Crippen molar-refractivity contribution in [2.75, 3.05) is 0 Å². The molecule has 0 aromatic carbocycles. The summed E-state index contributed by atoms with van der Waals surface area (Å²) in [5.74, 6) is -0.352. The first-order chi connectivity index (χ1) is 10.8. The molecule has 2 aliphatic rings. The van der Waals surface area contributed by atoms with Crippen molar-refractivity contribution in [1.82, 2.24) is 10.3 Å². The van der Waals surface area contributed by atoms with Crippen molar-refractivity contribution < 1.29 is 4.79 Å². The van der Waals surface area contributed by atoms with Gasteiger partial charge >= 0.3 is 0 Å². The zero-order valence-electron chi connectivity index (χ0n) is 13.4. The van der Waals surface area contributed by atoms with Gasteiger partial charge in [0.1, 0.15) is 5.15 Å². The smallest absolute Gasteiger partial charge is 0.162 e. The van der Waals surface area contributed by atoms with Crippen molar-refractivity contribution in [3.05, 3.63) is 51.6 Å². The third-order valence-corrected chi connectivity index (χ3v) is 4.77. The summed E-state index contributed by atoms with van der Waals surface area (Å²) in [5, 5.41) is 13.2. The summed E-state index contributed by atoms with van der Waals surface area (Å²) in [6.45, 7) is 6.04. The number of pyridine rings is 1. The molecule has 1 aliphatic carbocycles. The van der Waals surface area contributed by atoms with E-state index < -0.39 is 5.92 Å². The molecule has 1 aliphatic heterocycles. The molecule has 1 aromatic heterocycles. The number of carbonyl (C=O) groups excluding carboxylic acids is 1. The third kappa shape index (κ3) is 2.66. The molecule has 1 N–H and O–H groups in total. The molecule has 4 nitrogen and oxygen atoms in total. The minimum atomic E-state index is -0.430. The molecule has 0 saturated heterocycles. The number of allylic oxidation sites excluding steroid dienone is 4. The van der Waals surface area contributed by atoms with Crippen LogP contribution >= 0.6 is 11.6 Å². The summed E-state index contributed by atoms with van der Waals surface area (Å²) in [5.41, 5.74) is 3.52. The average molecular weight is 328 g/mol. The lowest BCUT2D eigenvalue weighted by Gasteiger charge is -2.38. The lowest BCUT2D eigenvalue weighted by molar-refractivity contribution is -0.118. The number of nitriles is 1.